The fraction of sp³-hybridized carbons (Fsp3) is 0.125. The summed E-state index contributed by atoms with van der Waals surface area (Å²) in [6.07, 6.45) is -3.91. The van der Waals surface area contributed by atoms with E-state index in [0.717, 1.165) is 13.0 Å². The predicted molar refractivity (Wildman–Crippen MR) is 180 cm³/mol. The number of nitrogens with zero attached hydrogens (tertiary/aromatic N) is 1. The van der Waals surface area contributed by atoms with Crippen molar-refractivity contribution in [2.75, 3.05) is 0 Å². The molecule has 6 aromatic rings. The first-order valence-corrected chi connectivity index (χ1v) is 17.2. The largest absolute Gasteiger partial charge is 0.207 e. The summed E-state index contributed by atoms with van der Waals surface area (Å²) in [5.41, 5.74) is -11.6. The average Bonchev–Trinajstić information content (AvgIpc) is 3.24. The van der Waals surface area contributed by atoms with Crippen molar-refractivity contribution in [2.24, 2.45) is 5.92 Å². The van der Waals surface area contributed by atoms with Crippen LogP contribution >= 0.6 is 0 Å². The second-order valence-electron chi connectivity index (χ2n) is 13.7. The van der Waals surface area contributed by atoms with Crippen LogP contribution in [-0.2, 0) is 13.0 Å². The van der Waals surface area contributed by atoms with Gasteiger partial charge in [-0.2, -0.15) is 4.57 Å². The quantitative estimate of drug-likeness (QED) is 0.0473. The van der Waals surface area contributed by atoms with E-state index < -0.39 is 144 Å². The normalized spacial score (nSPS) is 11.7. The third kappa shape index (κ3) is 7.60. The molecule has 0 amide bonds. The zero-order valence-corrected chi connectivity index (χ0v) is 30.8. The lowest BCUT2D eigenvalue weighted by atomic mass is 9.12. The van der Waals surface area contributed by atoms with Gasteiger partial charge < -0.3 is 0 Å². The second kappa shape index (κ2) is 17.7. The van der Waals surface area contributed by atoms with Crippen LogP contribution in [0.15, 0.2) is 54.7 Å². The number of rotatable bonds is 8. The zero-order valence-electron chi connectivity index (χ0n) is 30.8. The van der Waals surface area contributed by atoms with Gasteiger partial charge in [-0.25, -0.2) is 87.8 Å². The predicted octanol–water partition coefficient (Wildman–Crippen LogP) is 9.07. The van der Waals surface area contributed by atoms with Crippen LogP contribution in [0.3, 0.4) is 0 Å². The van der Waals surface area contributed by atoms with E-state index in [4.69, 9.17) is 0 Å². The van der Waals surface area contributed by atoms with Gasteiger partial charge in [0.25, 0.3) is 0 Å². The van der Waals surface area contributed by atoms with Gasteiger partial charge in [0.15, 0.2) is 88.2 Å². The Hall–Kier alpha value is -6.09. The third-order valence-electron chi connectivity index (χ3n) is 9.55. The molecule has 0 aliphatic rings. The van der Waals surface area contributed by atoms with Gasteiger partial charge in [0, 0.05) is 24.1 Å². The molecule has 0 bridgehead atoms. The van der Waals surface area contributed by atoms with E-state index in [0.29, 0.717) is 5.92 Å². The summed E-state index contributed by atoms with van der Waals surface area (Å²) in [4.78, 5) is 0. The van der Waals surface area contributed by atoms with Gasteiger partial charge >= 0.3 is 0 Å². The molecule has 5 aromatic carbocycles. The lowest BCUT2D eigenvalue weighted by Gasteiger charge is -2.44. The maximum atomic E-state index is 15.4. The van der Waals surface area contributed by atoms with Crippen molar-refractivity contribution in [2.45, 2.75) is 26.8 Å². The molecule has 0 atom stereocenters. The summed E-state index contributed by atoms with van der Waals surface area (Å²) >= 11 is 0. The Bertz CT molecular complexity index is 2340. The lowest BCUT2D eigenvalue weighted by Crippen LogP contribution is -2.81. The highest BCUT2D eigenvalue weighted by atomic mass is 19.2. The van der Waals surface area contributed by atoms with Crippen molar-refractivity contribution >= 4 is 28.0 Å². The molecule has 0 N–H and O–H groups in total. The molecule has 0 saturated carbocycles. The van der Waals surface area contributed by atoms with Crippen molar-refractivity contribution in [1.82, 2.24) is 0 Å². The fourth-order valence-electron chi connectivity index (χ4n) is 6.92. The Morgan fingerprint density at radius 1 is 0.355 bits per heavy atom. The van der Waals surface area contributed by atoms with Crippen LogP contribution in [-0.4, -0.2) is 6.15 Å². The van der Waals surface area contributed by atoms with E-state index in [1.165, 1.54) is 11.3 Å². The highest BCUT2D eigenvalue weighted by molar-refractivity contribution is 7.20. The molecular weight excluding hydrogens is 885 g/mol. The molecule has 0 aliphatic heterocycles. The van der Waals surface area contributed by atoms with Gasteiger partial charge in [0.1, 0.15) is 52.7 Å². The summed E-state index contributed by atoms with van der Waals surface area (Å²) in [7, 11) is 0. The number of halogens is 20. The first-order valence-electron chi connectivity index (χ1n) is 17.2. The summed E-state index contributed by atoms with van der Waals surface area (Å²) < 4.78 is 296. The maximum absolute atomic E-state index is 15.4. The second-order valence-corrected chi connectivity index (χ2v) is 13.7. The average molecular weight is 905 g/mol. The molecule has 0 unspecified atom stereocenters. The molecule has 328 valence electrons. The number of aromatic nitrogens is 1. The molecule has 0 spiro atoms. The molecule has 6 rings (SSSR count). The molecular formula is C40H20BF20N. The van der Waals surface area contributed by atoms with E-state index in [2.05, 4.69) is 73.1 Å². The highest BCUT2D eigenvalue weighted by Gasteiger charge is 2.52. The lowest BCUT2D eigenvalue weighted by molar-refractivity contribution is -0.696. The minimum absolute atomic E-state index is 0.694. The van der Waals surface area contributed by atoms with Gasteiger partial charge in [0.2, 0.25) is 0 Å². The maximum Gasteiger partial charge on any atom is 0.200 e. The van der Waals surface area contributed by atoms with Crippen LogP contribution in [0.5, 0.6) is 0 Å². The molecule has 0 saturated heterocycles. The van der Waals surface area contributed by atoms with Gasteiger partial charge in [0.05, 0.1) is 0 Å². The van der Waals surface area contributed by atoms with E-state index in [1.807, 2.05) is 0 Å². The van der Waals surface area contributed by atoms with Gasteiger partial charge in [-0.3, -0.25) is 0 Å². The summed E-state index contributed by atoms with van der Waals surface area (Å²) in [6.45, 7) is 5.49. The van der Waals surface area contributed by atoms with Crippen LogP contribution in [0, 0.1) is 122 Å². The molecule has 1 nitrogen and oxygen atoms in total. The van der Waals surface area contributed by atoms with E-state index >= 15 is 35.1 Å². The Morgan fingerprint density at radius 2 is 0.613 bits per heavy atom. The molecule has 0 aliphatic carbocycles. The summed E-state index contributed by atoms with van der Waals surface area (Å²) in [5.74, 6) is -70.7. The third-order valence-corrected chi connectivity index (χ3v) is 9.55. The molecule has 0 radical (unpaired) electrons. The number of pyridine rings is 1. The van der Waals surface area contributed by atoms with E-state index in [-0.39, 0.29) is 0 Å². The Morgan fingerprint density at radius 3 is 0.887 bits per heavy atom. The molecule has 0 fully saturated rings. The zero-order chi connectivity index (χ0) is 46.4. The van der Waals surface area contributed by atoms with E-state index in [9.17, 15) is 52.7 Å². The Labute approximate surface area is 335 Å². The Kier molecular flexibility index (Phi) is 13.4. The van der Waals surface area contributed by atoms with Crippen molar-refractivity contribution in [3.63, 3.8) is 0 Å². The summed E-state index contributed by atoms with van der Waals surface area (Å²) in [6, 6.07) is 17.1. The topological polar surface area (TPSA) is 3.88 Å². The van der Waals surface area contributed by atoms with Crippen molar-refractivity contribution in [1.29, 1.82) is 0 Å². The Balaban J connectivity index is 0.000000355. The van der Waals surface area contributed by atoms with Gasteiger partial charge in [-0.1, -0.05) is 50.2 Å². The SMILES string of the molecule is CC(C)Cc1cccc[n+]1Cc1ccccc1.Fc1c(F)c(F)c([B-](c2c(F)c(F)c(F)c(F)c2F)(c2c(F)c(F)c(F)c(F)c2F)c2c(F)c(F)c(F)c(F)c2F)c(F)c1F. The molecule has 22 heteroatoms. The van der Waals surface area contributed by atoms with Crippen LogP contribution in [0.2, 0.25) is 0 Å². The molecule has 1 heterocycles. The standard InChI is InChI=1S/C24BF20.C16H20N/c26-5-1(6(27)14(35)21(42)13(5)34)25(2-7(28)15(36)22(43)16(37)8(2)29,3-9(30)17(38)23(44)18(39)10(3)31)4-11(32)19(40)24(45)20(41)12(4)33;1-14(2)12-16-10-6-7-11-17(16)13-15-8-4-3-5-9-15/h;3-11,14H,12-13H2,1-2H3/q-1;+1. The van der Waals surface area contributed by atoms with Crippen LogP contribution in [0.4, 0.5) is 87.8 Å². The molecule has 62 heavy (non-hydrogen) atoms. The van der Waals surface area contributed by atoms with Crippen molar-refractivity contribution in [3.8, 4) is 0 Å². The number of benzene rings is 5. The fourth-order valence-corrected chi connectivity index (χ4v) is 6.92. The first-order chi connectivity index (χ1) is 29.0. The van der Waals surface area contributed by atoms with Crippen LogP contribution in [0.25, 0.3) is 0 Å². The van der Waals surface area contributed by atoms with Crippen molar-refractivity contribution < 1.29 is 92.4 Å². The summed E-state index contributed by atoms with van der Waals surface area (Å²) in [5, 5.41) is 0. The number of hydrogen-bond acceptors (Lipinski definition) is 0. The minimum atomic E-state index is -7.22. The highest BCUT2D eigenvalue weighted by Crippen LogP contribution is 2.30. The monoisotopic (exact) mass is 905 g/mol. The minimum Gasteiger partial charge on any atom is -0.207 e. The smallest absolute Gasteiger partial charge is 0.200 e. The first kappa shape index (κ1) is 47.0. The van der Waals surface area contributed by atoms with Gasteiger partial charge in [-0.05, 0) is 5.92 Å². The molecule has 1 aromatic heterocycles. The van der Waals surface area contributed by atoms with Crippen molar-refractivity contribution in [3.05, 3.63) is 182 Å². The number of hydrogen-bond donors (Lipinski definition) is 0. The van der Waals surface area contributed by atoms with Crippen LogP contribution < -0.4 is 26.4 Å². The van der Waals surface area contributed by atoms with E-state index in [1.54, 1.807) is 0 Å². The van der Waals surface area contributed by atoms with Crippen LogP contribution in [0.1, 0.15) is 25.1 Å². The van der Waals surface area contributed by atoms with Gasteiger partial charge in [-0.15, -0.1) is 21.9 Å².